The maximum atomic E-state index is 10.7. The van der Waals surface area contributed by atoms with Crippen molar-refractivity contribution in [2.45, 2.75) is 12.8 Å². The van der Waals surface area contributed by atoms with E-state index in [0.717, 1.165) is 37.3 Å². The maximum absolute atomic E-state index is 10.7. The predicted octanol–water partition coefficient (Wildman–Crippen LogP) is 0.348. The number of piperidine rings is 1. The molecule has 1 amide bonds. The van der Waals surface area contributed by atoms with Crippen LogP contribution in [0.15, 0.2) is 0 Å². The fraction of sp³-hybridized carbons (Fsp3) is 0.929. The molecule has 4 nitrogen and oxygen atoms in total. The molecule has 0 N–H and O–H groups in total. The van der Waals surface area contributed by atoms with Crippen molar-refractivity contribution in [2.24, 2.45) is 17.8 Å². The lowest BCUT2D eigenvalue weighted by Crippen LogP contribution is -2.38. The molecule has 0 saturated carbocycles. The van der Waals surface area contributed by atoms with Crippen LogP contribution in [0.3, 0.4) is 0 Å². The fourth-order valence-corrected chi connectivity index (χ4v) is 4.08. The van der Waals surface area contributed by atoms with Crippen LogP contribution in [0.4, 0.5) is 0 Å². The second kappa shape index (κ2) is 5.17. The van der Waals surface area contributed by atoms with Gasteiger partial charge in [0, 0.05) is 45.8 Å². The second-order valence-electron chi connectivity index (χ2n) is 6.54. The molecular formula is C14H25N3O. The molecule has 102 valence electrons. The zero-order valence-corrected chi connectivity index (χ0v) is 11.4. The van der Waals surface area contributed by atoms with E-state index in [0.29, 0.717) is 0 Å². The highest BCUT2D eigenvalue weighted by atomic mass is 16.1. The van der Waals surface area contributed by atoms with E-state index in [1.54, 1.807) is 0 Å². The summed E-state index contributed by atoms with van der Waals surface area (Å²) < 4.78 is 0. The molecule has 0 aromatic carbocycles. The topological polar surface area (TPSA) is 26.8 Å². The van der Waals surface area contributed by atoms with Crippen LogP contribution in [-0.4, -0.2) is 74.0 Å². The van der Waals surface area contributed by atoms with Crippen LogP contribution in [0.5, 0.6) is 0 Å². The highest BCUT2D eigenvalue weighted by Crippen LogP contribution is 2.31. The van der Waals surface area contributed by atoms with E-state index >= 15 is 0 Å². The monoisotopic (exact) mass is 251 g/mol. The van der Waals surface area contributed by atoms with Gasteiger partial charge >= 0.3 is 0 Å². The van der Waals surface area contributed by atoms with Gasteiger partial charge < -0.3 is 14.7 Å². The number of fused-ring (bicyclic) bond motifs is 1. The van der Waals surface area contributed by atoms with Gasteiger partial charge in [-0.1, -0.05) is 0 Å². The first-order valence-electron chi connectivity index (χ1n) is 7.35. The van der Waals surface area contributed by atoms with E-state index < -0.39 is 0 Å². The average Bonchev–Trinajstić information content (AvgIpc) is 2.86. The summed E-state index contributed by atoms with van der Waals surface area (Å²) in [6.07, 6.45) is 3.40. The highest BCUT2D eigenvalue weighted by molar-refractivity contribution is 5.47. The molecule has 3 heterocycles. The number of rotatable bonds is 3. The Kier molecular flexibility index (Phi) is 3.57. The fourth-order valence-electron chi connectivity index (χ4n) is 4.08. The van der Waals surface area contributed by atoms with Crippen molar-refractivity contribution in [1.82, 2.24) is 14.7 Å². The zero-order chi connectivity index (χ0) is 12.5. The molecule has 4 heteroatoms. The van der Waals surface area contributed by atoms with Gasteiger partial charge in [-0.05, 0) is 37.6 Å². The van der Waals surface area contributed by atoms with Gasteiger partial charge in [-0.25, -0.2) is 0 Å². The summed E-state index contributed by atoms with van der Waals surface area (Å²) in [5.41, 5.74) is 0. The van der Waals surface area contributed by atoms with Crippen molar-refractivity contribution in [3.8, 4) is 0 Å². The standard InChI is InChI=1S/C14H25N3O/c1-15-7-13-9-17(10-14(13)8-15)6-12-2-4-16(11-18)5-3-12/h11-14H,2-10H2,1H3. The lowest BCUT2D eigenvalue weighted by molar-refractivity contribution is -0.119. The van der Waals surface area contributed by atoms with Gasteiger partial charge in [-0.3, -0.25) is 4.79 Å². The zero-order valence-electron chi connectivity index (χ0n) is 11.4. The van der Waals surface area contributed by atoms with E-state index in [1.807, 2.05) is 4.90 Å². The normalized spacial score (nSPS) is 35.1. The minimum atomic E-state index is 0.817. The Balaban J connectivity index is 1.44. The molecule has 3 saturated heterocycles. The number of carbonyl (C=O) groups excluding carboxylic acids is 1. The Morgan fingerprint density at radius 3 is 2.22 bits per heavy atom. The molecule has 18 heavy (non-hydrogen) atoms. The Morgan fingerprint density at radius 2 is 1.67 bits per heavy atom. The second-order valence-corrected chi connectivity index (χ2v) is 6.54. The van der Waals surface area contributed by atoms with Crippen LogP contribution in [0.2, 0.25) is 0 Å². The Labute approximate surface area is 110 Å². The third kappa shape index (κ3) is 2.54. The molecule has 0 radical (unpaired) electrons. The van der Waals surface area contributed by atoms with Crippen molar-refractivity contribution in [1.29, 1.82) is 0 Å². The van der Waals surface area contributed by atoms with Gasteiger partial charge in [-0.15, -0.1) is 0 Å². The highest BCUT2D eigenvalue weighted by Gasteiger charge is 2.39. The summed E-state index contributed by atoms with van der Waals surface area (Å²) in [6.45, 7) is 8.42. The molecule has 0 aromatic rings. The van der Waals surface area contributed by atoms with Gasteiger partial charge in [0.05, 0.1) is 0 Å². The molecule has 0 bridgehead atoms. The first-order valence-corrected chi connectivity index (χ1v) is 7.35. The first-order chi connectivity index (χ1) is 8.74. The minimum absolute atomic E-state index is 0.817. The summed E-state index contributed by atoms with van der Waals surface area (Å²) in [7, 11) is 2.25. The quantitative estimate of drug-likeness (QED) is 0.677. The molecule has 2 unspecified atom stereocenters. The van der Waals surface area contributed by atoms with Crippen molar-refractivity contribution in [2.75, 3.05) is 52.9 Å². The van der Waals surface area contributed by atoms with Gasteiger partial charge in [0.2, 0.25) is 6.41 Å². The molecule has 0 aliphatic carbocycles. The van der Waals surface area contributed by atoms with Crippen LogP contribution < -0.4 is 0 Å². The van der Waals surface area contributed by atoms with Gasteiger partial charge in [0.1, 0.15) is 0 Å². The lowest BCUT2D eigenvalue weighted by atomic mass is 9.96. The third-order valence-corrected chi connectivity index (χ3v) is 5.06. The largest absolute Gasteiger partial charge is 0.345 e. The molecule has 3 fully saturated rings. The summed E-state index contributed by atoms with van der Waals surface area (Å²) in [6, 6.07) is 0. The molecular weight excluding hydrogens is 226 g/mol. The van der Waals surface area contributed by atoms with Crippen molar-refractivity contribution in [3.63, 3.8) is 0 Å². The van der Waals surface area contributed by atoms with E-state index in [2.05, 4.69) is 16.8 Å². The molecule has 0 spiro atoms. The Bertz CT molecular complexity index is 287. The summed E-state index contributed by atoms with van der Waals surface area (Å²) in [4.78, 5) is 17.8. The van der Waals surface area contributed by atoms with E-state index in [-0.39, 0.29) is 0 Å². The Morgan fingerprint density at radius 1 is 1.06 bits per heavy atom. The van der Waals surface area contributed by atoms with Crippen LogP contribution in [0.25, 0.3) is 0 Å². The number of amides is 1. The van der Waals surface area contributed by atoms with Gasteiger partial charge in [0.25, 0.3) is 0 Å². The average molecular weight is 251 g/mol. The van der Waals surface area contributed by atoms with Crippen LogP contribution in [0.1, 0.15) is 12.8 Å². The smallest absolute Gasteiger partial charge is 0.209 e. The number of carbonyl (C=O) groups is 1. The van der Waals surface area contributed by atoms with E-state index in [9.17, 15) is 4.79 Å². The third-order valence-electron chi connectivity index (χ3n) is 5.06. The molecule has 0 aromatic heterocycles. The first kappa shape index (κ1) is 12.4. The van der Waals surface area contributed by atoms with Crippen LogP contribution in [-0.2, 0) is 4.79 Å². The van der Waals surface area contributed by atoms with E-state index in [4.69, 9.17) is 0 Å². The number of hydrogen-bond donors (Lipinski definition) is 0. The minimum Gasteiger partial charge on any atom is -0.345 e. The lowest BCUT2D eigenvalue weighted by Gasteiger charge is -2.32. The molecule has 2 atom stereocenters. The predicted molar refractivity (Wildman–Crippen MR) is 71.3 cm³/mol. The summed E-state index contributed by atoms with van der Waals surface area (Å²) in [5, 5.41) is 0. The number of nitrogens with zero attached hydrogens (tertiary/aromatic N) is 3. The number of likely N-dealkylation sites (tertiary alicyclic amines) is 3. The molecule has 3 aliphatic heterocycles. The summed E-state index contributed by atoms with van der Waals surface area (Å²) in [5.74, 6) is 2.66. The molecule has 3 rings (SSSR count). The van der Waals surface area contributed by atoms with E-state index in [1.165, 1.54) is 45.6 Å². The van der Waals surface area contributed by atoms with Gasteiger partial charge in [-0.2, -0.15) is 0 Å². The Hall–Kier alpha value is -0.610. The van der Waals surface area contributed by atoms with Crippen molar-refractivity contribution < 1.29 is 4.79 Å². The SMILES string of the molecule is CN1CC2CN(CC3CCN(C=O)CC3)CC2C1. The molecule has 3 aliphatic rings. The number of hydrogen-bond acceptors (Lipinski definition) is 3. The van der Waals surface area contributed by atoms with Crippen molar-refractivity contribution >= 4 is 6.41 Å². The van der Waals surface area contributed by atoms with Crippen molar-refractivity contribution in [3.05, 3.63) is 0 Å². The van der Waals surface area contributed by atoms with Crippen LogP contribution >= 0.6 is 0 Å². The van der Waals surface area contributed by atoms with Crippen LogP contribution in [0, 0.1) is 17.8 Å². The maximum Gasteiger partial charge on any atom is 0.209 e. The van der Waals surface area contributed by atoms with Gasteiger partial charge in [0.15, 0.2) is 0 Å². The summed E-state index contributed by atoms with van der Waals surface area (Å²) >= 11 is 0.